The Hall–Kier alpha value is -2.37. The van der Waals surface area contributed by atoms with Gasteiger partial charge in [-0.1, -0.05) is 19.4 Å². The summed E-state index contributed by atoms with van der Waals surface area (Å²) >= 11 is 0. The molecule has 6 nitrogen and oxygen atoms in total. The molecule has 3 rings (SSSR count). The molecular weight excluding hydrogens is 292 g/mol. The Morgan fingerprint density at radius 2 is 2.04 bits per heavy atom. The van der Waals surface area contributed by atoms with Gasteiger partial charge in [-0.3, -0.25) is 14.0 Å². The standard InChI is InChI=1S/C17H22N4O2/c1-2-5-13-15(21-9-4-3-6-14(21)19-13)17(23)20-10-7-12(8-11-20)16(18)22/h3-4,6,9,12H,2,5,7-8,10-11H2,1H3,(H2,18,22). The van der Waals surface area contributed by atoms with Gasteiger partial charge in [-0.15, -0.1) is 0 Å². The van der Waals surface area contributed by atoms with Crippen LogP contribution < -0.4 is 5.73 Å². The van der Waals surface area contributed by atoms with Crippen molar-refractivity contribution < 1.29 is 9.59 Å². The van der Waals surface area contributed by atoms with E-state index in [1.807, 2.05) is 33.7 Å². The van der Waals surface area contributed by atoms with Gasteiger partial charge < -0.3 is 10.6 Å². The van der Waals surface area contributed by atoms with Crippen LogP contribution in [0.1, 0.15) is 42.4 Å². The van der Waals surface area contributed by atoms with Gasteiger partial charge in [0.25, 0.3) is 5.91 Å². The molecule has 0 unspecified atom stereocenters. The molecule has 0 saturated carbocycles. The number of carbonyl (C=O) groups excluding carboxylic acids is 2. The number of fused-ring (bicyclic) bond motifs is 1. The maximum Gasteiger partial charge on any atom is 0.272 e. The molecule has 122 valence electrons. The number of amides is 2. The number of nitrogens with two attached hydrogens (primary N) is 1. The summed E-state index contributed by atoms with van der Waals surface area (Å²) in [5.41, 5.74) is 7.66. The van der Waals surface area contributed by atoms with Crippen LogP contribution in [0.5, 0.6) is 0 Å². The fraction of sp³-hybridized carbons (Fsp3) is 0.471. The van der Waals surface area contributed by atoms with Crippen LogP contribution in [0, 0.1) is 5.92 Å². The van der Waals surface area contributed by atoms with Crippen molar-refractivity contribution >= 4 is 17.5 Å². The van der Waals surface area contributed by atoms with E-state index in [4.69, 9.17) is 5.73 Å². The van der Waals surface area contributed by atoms with E-state index in [9.17, 15) is 9.59 Å². The molecule has 2 N–H and O–H groups in total. The van der Waals surface area contributed by atoms with E-state index < -0.39 is 0 Å². The van der Waals surface area contributed by atoms with Crippen molar-refractivity contribution in [2.45, 2.75) is 32.6 Å². The number of likely N-dealkylation sites (tertiary alicyclic amines) is 1. The average molecular weight is 314 g/mol. The first-order valence-corrected chi connectivity index (χ1v) is 8.16. The van der Waals surface area contributed by atoms with Gasteiger partial charge in [-0.05, 0) is 31.4 Å². The monoisotopic (exact) mass is 314 g/mol. The summed E-state index contributed by atoms with van der Waals surface area (Å²) < 4.78 is 1.87. The lowest BCUT2D eigenvalue weighted by atomic mass is 9.96. The summed E-state index contributed by atoms with van der Waals surface area (Å²) in [6.45, 7) is 3.22. The molecule has 0 spiro atoms. The maximum absolute atomic E-state index is 13.0. The number of hydrogen-bond donors (Lipinski definition) is 1. The van der Waals surface area contributed by atoms with Crippen LogP contribution in [-0.4, -0.2) is 39.2 Å². The van der Waals surface area contributed by atoms with Gasteiger partial charge in [0.05, 0.1) is 5.69 Å². The second-order valence-electron chi connectivity index (χ2n) is 6.05. The molecule has 3 heterocycles. The van der Waals surface area contributed by atoms with Gasteiger partial charge in [0.1, 0.15) is 11.3 Å². The fourth-order valence-electron chi connectivity index (χ4n) is 3.20. The maximum atomic E-state index is 13.0. The molecule has 0 radical (unpaired) electrons. The van der Waals surface area contributed by atoms with E-state index in [-0.39, 0.29) is 17.7 Å². The number of pyridine rings is 1. The van der Waals surface area contributed by atoms with Crippen molar-refractivity contribution in [1.82, 2.24) is 14.3 Å². The Morgan fingerprint density at radius 1 is 1.30 bits per heavy atom. The zero-order chi connectivity index (χ0) is 16.4. The van der Waals surface area contributed by atoms with Crippen LogP contribution in [0.4, 0.5) is 0 Å². The highest BCUT2D eigenvalue weighted by Crippen LogP contribution is 2.21. The lowest BCUT2D eigenvalue weighted by molar-refractivity contribution is -0.123. The summed E-state index contributed by atoms with van der Waals surface area (Å²) in [4.78, 5) is 30.7. The van der Waals surface area contributed by atoms with Crippen LogP contribution in [0.25, 0.3) is 5.65 Å². The van der Waals surface area contributed by atoms with Crippen molar-refractivity contribution in [2.75, 3.05) is 13.1 Å². The first-order chi connectivity index (χ1) is 11.1. The zero-order valence-corrected chi connectivity index (χ0v) is 13.4. The lowest BCUT2D eigenvalue weighted by Gasteiger charge is -2.30. The number of carbonyl (C=O) groups is 2. The highest BCUT2D eigenvalue weighted by Gasteiger charge is 2.29. The lowest BCUT2D eigenvalue weighted by Crippen LogP contribution is -2.42. The molecular formula is C17H22N4O2. The predicted octanol–water partition coefficient (Wildman–Crippen LogP) is 1.62. The number of imidazole rings is 1. The number of nitrogens with zero attached hydrogens (tertiary/aromatic N) is 3. The average Bonchev–Trinajstić information content (AvgIpc) is 2.92. The molecule has 0 aromatic carbocycles. The highest BCUT2D eigenvalue weighted by molar-refractivity contribution is 5.95. The molecule has 0 bridgehead atoms. The fourth-order valence-corrected chi connectivity index (χ4v) is 3.20. The molecule has 1 saturated heterocycles. The largest absolute Gasteiger partial charge is 0.369 e. The molecule has 1 aliphatic heterocycles. The summed E-state index contributed by atoms with van der Waals surface area (Å²) in [6.07, 6.45) is 4.88. The van der Waals surface area contributed by atoms with Crippen molar-refractivity contribution in [3.05, 3.63) is 35.8 Å². The van der Waals surface area contributed by atoms with Crippen molar-refractivity contribution in [2.24, 2.45) is 11.7 Å². The Balaban J connectivity index is 1.89. The van der Waals surface area contributed by atoms with Gasteiger partial charge in [0, 0.05) is 25.2 Å². The van der Waals surface area contributed by atoms with Gasteiger partial charge in [0.15, 0.2) is 0 Å². The smallest absolute Gasteiger partial charge is 0.272 e. The van der Waals surface area contributed by atoms with E-state index in [1.54, 1.807) is 0 Å². The number of rotatable bonds is 4. The number of piperidine rings is 1. The second-order valence-corrected chi connectivity index (χ2v) is 6.05. The normalized spacial score (nSPS) is 16.0. The highest BCUT2D eigenvalue weighted by atomic mass is 16.2. The quantitative estimate of drug-likeness (QED) is 0.931. The van der Waals surface area contributed by atoms with Crippen LogP contribution in [0.2, 0.25) is 0 Å². The molecule has 2 amide bonds. The number of aryl methyl sites for hydroxylation is 1. The number of primary amides is 1. The molecule has 1 fully saturated rings. The minimum Gasteiger partial charge on any atom is -0.369 e. The first-order valence-electron chi connectivity index (χ1n) is 8.16. The summed E-state index contributed by atoms with van der Waals surface area (Å²) in [6, 6.07) is 5.74. The SMILES string of the molecule is CCCc1nc2ccccn2c1C(=O)N1CCC(C(N)=O)CC1. The van der Waals surface area contributed by atoms with Gasteiger partial charge in [0.2, 0.25) is 5.91 Å². The molecule has 1 aliphatic rings. The third-order valence-electron chi connectivity index (χ3n) is 4.48. The zero-order valence-electron chi connectivity index (χ0n) is 13.4. The topological polar surface area (TPSA) is 80.7 Å². The first kappa shape index (κ1) is 15.5. The third kappa shape index (κ3) is 2.93. The van der Waals surface area contributed by atoms with Crippen molar-refractivity contribution in [3.8, 4) is 0 Å². The van der Waals surface area contributed by atoms with Crippen LogP contribution >= 0.6 is 0 Å². The van der Waals surface area contributed by atoms with Crippen LogP contribution in [0.15, 0.2) is 24.4 Å². The second kappa shape index (κ2) is 6.40. The van der Waals surface area contributed by atoms with E-state index in [0.29, 0.717) is 31.6 Å². The Bertz CT molecular complexity index is 729. The van der Waals surface area contributed by atoms with Crippen LogP contribution in [0.3, 0.4) is 0 Å². The summed E-state index contributed by atoms with van der Waals surface area (Å²) in [5, 5.41) is 0. The minimum absolute atomic E-state index is 0.00456. The third-order valence-corrected chi connectivity index (χ3v) is 4.48. The Morgan fingerprint density at radius 3 is 2.70 bits per heavy atom. The van der Waals surface area contributed by atoms with E-state index in [0.717, 1.165) is 24.2 Å². The summed E-state index contributed by atoms with van der Waals surface area (Å²) in [5.74, 6) is -0.384. The molecule has 2 aromatic rings. The Labute approximate surface area is 135 Å². The van der Waals surface area contributed by atoms with Crippen LogP contribution in [-0.2, 0) is 11.2 Å². The molecule has 0 atom stereocenters. The molecule has 0 aliphatic carbocycles. The molecule has 23 heavy (non-hydrogen) atoms. The molecule has 2 aromatic heterocycles. The van der Waals surface area contributed by atoms with Crippen molar-refractivity contribution in [1.29, 1.82) is 0 Å². The number of hydrogen-bond acceptors (Lipinski definition) is 3. The summed E-state index contributed by atoms with van der Waals surface area (Å²) in [7, 11) is 0. The van der Waals surface area contributed by atoms with Gasteiger partial charge >= 0.3 is 0 Å². The van der Waals surface area contributed by atoms with E-state index in [2.05, 4.69) is 11.9 Å². The van der Waals surface area contributed by atoms with E-state index in [1.165, 1.54) is 0 Å². The van der Waals surface area contributed by atoms with Gasteiger partial charge in [-0.2, -0.15) is 0 Å². The Kier molecular flexibility index (Phi) is 4.32. The predicted molar refractivity (Wildman–Crippen MR) is 87.0 cm³/mol. The van der Waals surface area contributed by atoms with Gasteiger partial charge in [-0.25, -0.2) is 4.98 Å². The van der Waals surface area contributed by atoms with E-state index >= 15 is 0 Å². The van der Waals surface area contributed by atoms with Crippen molar-refractivity contribution in [3.63, 3.8) is 0 Å². The number of aromatic nitrogens is 2. The minimum atomic E-state index is -0.265. The molecule has 6 heteroatoms.